The summed E-state index contributed by atoms with van der Waals surface area (Å²) in [6, 6.07) is 0.499. The summed E-state index contributed by atoms with van der Waals surface area (Å²) in [5, 5.41) is 3.18. The molecule has 0 radical (unpaired) electrons. The summed E-state index contributed by atoms with van der Waals surface area (Å²) in [5.41, 5.74) is 1.22. The number of hydrogen-bond acceptors (Lipinski definition) is 5. The van der Waals surface area contributed by atoms with E-state index in [2.05, 4.69) is 27.1 Å². The third-order valence-electron chi connectivity index (χ3n) is 4.27. The van der Waals surface area contributed by atoms with E-state index < -0.39 is 0 Å². The molecule has 2 atom stereocenters. The average Bonchev–Trinajstić information content (AvgIpc) is 2.94. The van der Waals surface area contributed by atoms with Crippen molar-refractivity contribution in [3.63, 3.8) is 0 Å². The maximum atomic E-state index is 5.88. The Balaban J connectivity index is 1.96. The molecule has 2 fully saturated rings. The molecule has 5 nitrogen and oxygen atoms in total. The number of nitrogens with one attached hydrogen (secondary N) is 1. The predicted octanol–water partition coefficient (Wildman–Crippen LogP) is 1.84. The summed E-state index contributed by atoms with van der Waals surface area (Å²) < 4.78 is 5.88. The van der Waals surface area contributed by atoms with Crippen LogP contribution in [0.2, 0.25) is 0 Å². The van der Waals surface area contributed by atoms with Crippen LogP contribution < -0.4 is 10.2 Å². The number of nitrogens with zero attached hydrogens (tertiary/aromatic N) is 3. The van der Waals surface area contributed by atoms with Gasteiger partial charge in [0, 0.05) is 19.2 Å². The van der Waals surface area contributed by atoms with Gasteiger partial charge >= 0.3 is 0 Å². The fourth-order valence-electron chi connectivity index (χ4n) is 3.38. The van der Waals surface area contributed by atoms with Crippen molar-refractivity contribution >= 4 is 11.6 Å². The fourth-order valence-corrected chi connectivity index (χ4v) is 3.38. The van der Waals surface area contributed by atoms with Gasteiger partial charge in [-0.1, -0.05) is 6.92 Å². The molecule has 1 aliphatic heterocycles. The minimum absolute atomic E-state index is 0.395. The lowest BCUT2D eigenvalue weighted by molar-refractivity contribution is 0.0252. The first kappa shape index (κ1) is 12.7. The van der Waals surface area contributed by atoms with Crippen molar-refractivity contribution < 1.29 is 4.74 Å². The summed E-state index contributed by atoms with van der Waals surface area (Å²) in [5.74, 6) is 2.05. The van der Waals surface area contributed by atoms with E-state index in [4.69, 9.17) is 4.74 Å². The Labute approximate surface area is 114 Å². The van der Waals surface area contributed by atoms with Crippen molar-refractivity contribution in [1.29, 1.82) is 0 Å². The van der Waals surface area contributed by atoms with Crippen LogP contribution in [0.1, 0.15) is 31.7 Å². The van der Waals surface area contributed by atoms with Crippen LogP contribution in [0.15, 0.2) is 6.33 Å². The first-order valence-corrected chi connectivity index (χ1v) is 7.25. The molecule has 1 aromatic rings. The van der Waals surface area contributed by atoms with Gasteiger partial charge in [-0.25, -0.2) is 9.97 Å². The van der Waals surface area contributed by atoms with E-state index >= 15 is 0 Å². The lowest BCUT2D eigenvalue weighted by atomic mass is 10.1. The van der Waals surface area contributed by atoms with E-state index in [1.807, 2.05) is 7.05 Å². The molecule has 0 aromatic carbocycles. The summed E-state index contributed by atoms with van der Waals surface area (Å²) in [4.78, 5) is 11.3. The zero-order valence-corrected chi connectivity index (χ0v) is 11.7. The summed E-state index contributed by atoms with van der Waals surface area (Å²) in [6.45, 7) is 3.91. The highest BCUT2D eigenvalue weighted by atomic mass is 16.5. The second kappa shape index (κ2) is 5.33. The number of rotatable bonds is 3. The maximum absolute atomic E-state index is 5.88. The molecule has 1 aromatic heterocycles. The SMILES string of the molecule is CCc1c(NC)ncnc1N1CCOC2CCCC21. The van der Waals surface area contributed by atoms with Gasteiger partial charge in [0.25, 0.3) is 0 Å². The molecule has 2 heterocycles. The van der Waals surface area contributed by atoms with Crippen LogP contribution in [0.3, 0.4) is 0 Å². The second-order valence-corrected chi connectivity index (χ2v) is 5.23. The summed E-state index contributed by atoms with van der Waals surface area (Å²) in [6.07, 6.45) is 6.67. The first-order chi connectivity index (χ1) is 9.35. The van der Waals surface area contributed by atoms with Crippen LogP contribution in [-0.4, -0.2) is 42.3 Å². The molecule has 1 saturated heterocycles. The molecule has 1 aliphatic carbocycles. The van der Waals surface area contributed by atoms with Crippen LogP contribution in [0, 0.1) is 0 Å². The predicted molar refractivity (Wildman–Crippen MR) is 75.7 cm³/mol. The Morgan fingerprint density at radius 1 is 1.42 bits per heavy atom. The Bertz CT molecular complexity index is 451. The average molecular weight is 262 g/mol. The normalized spacial score (nSPS) is 26.3. The smallest absolute Gasteiger partial charge is 0.137 e. The lowest BCUT2D eigenvalue weighted by Crippen LogP contribution is -2.49. The van der Waals surface area contributed by atoms with E-state index in [-0.39, 0.29) is 0 Å². The van der Waals surface area contributed by atoms with Crippen molar-refractivity contribution in [2.45, 2.75) is 44.8 Å². The summed E-state index contributed by atoms with van der Waals surface area (Å²) in [7, 11) is 1.92. The highest BCUT2D eigenvalue weighted by Crippen LogP contribution is 2.34. The number of anilines is 2. The van der Waals surface area contributed by atoms with Gasteiger partial charge in [0.1, 0.15) is 18.0 Å². The van der Waals surface area contributed by atoms with Crippen LogP contribution in [0.25, 0.3) is 0 Å². The molecule has 1 N–H and O–H groups in total. The van der Waals surface area contributed by atoms with Gasteiger partial charge in [0.05, 0.1) is 18.8 Å². The molecule has 3 rings (SSSR count). The largest absolute Gasteiger partial charge is 0.374 e. The molecule has 104 valence electrons. The van der Waals surface area contributed by atoms with Gasteiger partial charge in [-0.15, -0.1) is 0 Å². The third kappa shape index (κ3) is 2.16. The summed E-state index contributed by atoms with van der Waals surface area (Å²) >= 11 is 0. The quantitative estimate of drug-likeness (QED) is 0.900. The van der Waals surface area contributed by atoms with E-state index in [9.17, 15) is 0 Å². The molecule has 2 unspecified atom stereocenters. The van der Waals surface area contributed by atoms with Crippen LogP contribution in [-0.2, 0) is 11.2 Å². The third-order valence-corrected chi connectivity index (χ3v) is 4.27. The molecule has 19 heavy (non-hydrogen) atoms. The van der Waals surface area contributed by atoms with Crippen molar-refractivity contribution in [2.24, 2.45) is 0 Å². The van der Waals surface area contributed by atoms with Crippen molar-refractivity contribution in [1.82, 2.24) is 9.97 Å². The number of aromatic nitrogens is 2. The minimum atomic E-state index is 0.395. The van der Waals surface area contributed by atoms with Gasteiger partial charge in [0.2, 0.25) is 0 Å². The number of fused-ring (bicyclic) bond motifs is 1. The highest BCUT2D eigenvalue weighted by molar-refractivity contribution is 5.59. The van der Waals surface area contributed by atoms with Crippen LogP contribution in [0.5, 0.6) is 0 Å². The molecule has 2 aliphatic rings. The standard InChI is InChI=1S/C14H22N4O/c1-3-10-13(15-2)16-9-17-14(10)18-7-8-19-12-6-4-5-11(12)18/h9,11-12H,3-8H2,1-2H3,(H,15,16,17). The molecule has 0 amide bonds. The van der Waals surface area contributed by atoms with Gasteiger partial charge in [0.15, 0.2) is 0 Å². The van der Waals surface area contributed by atoms with Gasteiger partial charge in [-0.2, -0.15) is 0 Å². The first-order valence-electron chi connectivity index (χ1n) is 7.25. The zero-order valence-electron chi connectivity index (χ0n) is 11.7. The number of hydrogen-bond donors (Lipinski definition) is 1. The molecule has 0 spiro atoms. The van der Waals surface area contributed by atoms with Crippen LogP contribution >= 0.6 is 0 Å². The molecular formula is C14H22N4O. The monoisotopic (exact) mass is 262 g/mol. The molecule has 0 bridgehead atoms. The van der Waals surface area contributed by atoms with Crippen molar-refractivity contribution in [2.75, 3.05) is 30.4 Å². The Kier molecular flexibility index (Phi) is 3.55. The van der Waals surface area contributed by atoms with E-state index in [0.29, 0.717) is 12.1 Å². The van der Waals surface area contributed by atoms with E-state index in [1.165, 1.54) is 24.8 Å². The maximum Gasteiger partial charge on any atom is 0.137 e. The lowest BCUT2D eigenvalue weighted by Gasteiger charge is -2.39. The highest BCUT2D eigenvalue weighted by Gasteiger charge is 2.37. The van der Waals surface area contributed by atoms with E-state index in [0.717, 1.165) is 31.2 Å². The molecule has 1 saturated carbocycles. The molecule has 5 heteroatoms. The Morgan fingerprint density at radius 3 is 3.11 bits per heavy atom. The minimum Gasteiger partial charge on any atom is -0.374 e. The van der Waals surface area contributed by atoms with E-state index in [1.54, 1.807) is 6.33 Å². The van der Waals surface area contributed by atoms with Crippen molar-refractivity contribution in [3.05, 3.63) is 11.9 Å². The fraction of sp³-hybridized carbons (Fsp3) is 0.714. The number of morpholine rings is 1. The topological polar surface area (TPSA) is 50.3 Å². The van der Waals surface area contributed by atoms with Crippen LogP contribution in [0.4, 0.5) is 11.6 Å². The van der Waals surface area contributed by atoms with Gasteiger partial charge in [-0.3, -0.25) is 0 Å². The molecular weight excluding hydrogens is 240 g/mol. The van der Waals surface area contributed by atoms with Crippen molar-refractivity contribution in [3.8, 4) is 0 Å². The number of ether oxygens (including phenoxy) is 1. The Morgan fingerprint density at radius 2 is 2.32 bits per heavy atom. The van der Waals surface area contributed by atoms with Gasteiger partial charge < -0.3 is 15.0 Å². The van der Waals surface area contributed by atoms with Gasteiger partial charge in [-0.05, 0) is 25.7 Å². The zero-order chi connectivity index (χ0) is 13.2. The second-order valence-electron chi connectivity index (χ2n) is 5.23. The Hall–Kier alpha value is -1.36.